The third kappa shape index (κ3) is 4.25. The SMILES string of the molecule is CC(=O)c1ccc2c(c1)N(C(=O)CN/N=C/c1cccc(Cl)c1)c1ccccc1S2. The van der Waals surface area contributed by atoms with Crippen LogP contribution in [0.2, 0.25) is 5.02 Å². The lowest BCUT2D eigenvalue weighted by molar-refractivity contribution is -0.117. The molecule has 4 rings (SSSR count). The monoisotopic (exact) mass is 435 g/mol. The molecule has 150 valence electrons. The molecule has 1 N–H and O–H groups in total. The molecule has 0 saturated carbocycles. The molecule has 1 aliphatic heterocycles. The summed E-state index contributed by atoms with van der Waals surface area (Å²) in [5.41, 5.74) is 5.71. The molecular weight excluding hydrogens is 418 g/mol. The van der Waals surface area contributed by atoms with Crippen LogP contribution in [0.15, 0.2) is 81.6 Å². The molecule has 0 atom stereocenters. The number of benzene rings is 3. The molecule has 1 heterocycles. The van der Waals surface area contributed by atoms with Crippen molar-refractivity contribution >= 4 is 52.6 Å². The average Bonchev–Trinajstić information content (AvgIpc) is 2.74. The van der Waals surface area contributed by atoms with Crippen LogP contribution >= 0.6 is 23.4 Å². The Morgan fingerprint density at radius 3 is 2.63 bits per heavy atom. The fraction of sp³-hybridized carbons (Fsp3) is 0.0870. The fourth-order valence-electron chi connectivity index (χ4n) is 3.14. The fourth-order valence-corrected chi connectivity index (χ4v) is 4.38. The zero-order valence-electron chi connectivity index (χ0n) is 16.1. The van der Waals surface area contributed by atoms with Crippen LogP contribution in [0.25, 0.3) is 0 Å². The number of nitrogens with zero attached hydrogens (tertiary/aromatic N) is 2. The van der Waals surface area contributed by atoms with Crippen LogP contribution in [0.5, 0.6) is 0 Å². The maximum absolute atomic E-state index is 13.1. The summed E-state index contributed by atoms with van der Waals surface area (Å²) >= 11 is 7.55. The van der Waals surface area contributed by atoms with Gasteiger partial charge in [0.2, 0.25) is 0 Å². The molecule has 30 heavy (non-hydrogen) atoms. The van der Waals surface area contributed by atoms with E-state index in [1.54, 1.807) is 47.1 Å². The number of hydrogen-bond acceptors (Lipinski definition) is 5. The Morgan fingerprint density at radius 2 is 1.83 bits per heavy atom. The minimum Gasteiger partial charge on any atom is -0.301 e. The Balaban J connectivity index is 1.58. The number of Topliss-reactive ketones (excluding diaryl/α,β-unsaturated/α-hetero) is 1. The van der Waals surface area contributed by atoms with Crippen LogP contribution in [0.4, 0.5) is 11.4 Å². The number of rotatable bonds is 5. The summed E-state index contributed by atoms with van der Waals surface area (Å²) in [4.78, 5) is 28.6. The molecule has 0 spiro atoms. The topological polar surface area (TPSA) is 61.8 Å². The molecule has 3 aromatic carbocycles. The molecule has 1 amide bonds. The van der Waals surface area contributed by atoms with Gasteiger partial charge in [-0.2, -0.15) is 5.10 Å². The van der Waals surface area contributed by atoms with Crippen molar-refractivity contribution in [1.82, 2.24) is 5.43 Å². The highest BCUT2D eigenvalue weighted by Crippen LogP contribution is 2.48. The predicted molar refractivity (Wildman–Crippen MR) is 121 cm³/mol. The largest absolute Gasteiger partial charge is 0.301 e. The van der Waals surface area contributed by atoms with E-state index in [2.05, 4.69) is 10.5 Å². The molecule has 1 aliphatic rings. The van der Waals surface area contributed by atoms with Gasteiger partial charge in [0.05, 0.1) is 17.6 Å². The number of fused-ring (bicyclic) bond motifs is 2. The zero-order valence-corrected chi connectivity index (χ0v) is 17.7. The number of amides is 1. The number of hydrazone groups is 1. The van der Waals surface area contributed by atoms with Crippen LogP contribution in [-0.2, 0) is 4.79 Å². The summed E-state index contributed by atoms with van der Waals surface area (Å²) in [7, 11) is 0. The minimum atomic E-state index is -0.173. The first-order chi connectivity index (χ1) is 14.5. The highest BCUT2D eigenvalue weighted by Gasteiger charge is 2.28. The van der Waals surface area contributed by atoms with Crippen molar-refractivity contribution in [3.05, 3.63) is 82.9 Å². The quantitative estimate of drug-likeness (QED) is 0.336. The van der Waals surface area contributed by atoms with Gasteiger partial charge in [-0.15, -0.1) is 0 Å². The first-order valence-electron chi connectivity index (χ1n) is 9.29. The summed E-state index contributed by atoms with van der Waals surface area (Å²) in [6, 6.07) is 20.4. The van der Waals surface area contributed by atoms with Crippen molar-refractivity contribution in [2.45, 2.75) is 16.7 Å². The van der Waals surface area contributed by atoms with Crippen LogP contribution in [0, 0.1) is 0 Å². The maximum Gasteiger partial charge on any atom is 0.252 e. The maximum atomic E-state index is 13.1. The van der Waals surface area contributed by atoms with Gasteiger partial charge >= 0.3 is 0 Å². The first-order valence-corrected chi connectivity index (χ1v) is 10.5. The van der Waals surface area contributed by atoms with Crippen LogP contribution in [0.3, 0.4) is 0 Å². The number of carbonyl (C=O) groups excluding carboxylic acids is 2. The molecular formula is C23H18ClN3O2S. The van der Waals surface area contributed by atoms with E-state index >= 15 is 0 Å². The highest BCUT2D eigenvalue weighted by molar-refractivity contribution is 7.99. The van der Waals surface area contributed by atoms with Gasteiger partial charge in [0, 0.05) is 20.4 Å². The highest BCUT2D eigenvalue weighted by atomic mass is 35.5. The zero-order chi connectivity index (χ0) is 21.1. The van der Waals surface area contributed by atoms with E-state index in [9.17, 15) is 9.59 Å². The third-order valence-electron chi connectivity index (χ3n) is 4.57. The molecule has 5 nitrogen and oxygen atoms in total. The van der Waals surface area contributed by atoms with Crippen molar-refractivity contribution in [2.75, 3.05) is 11.4 Å². The van der Waals surface area contributed by atoms with E-state index in [4.69, 9.17) is 11.6 Å². The van der Waals surface area contributed by atoms with Gasteiger partial charge in [-0.05, 0) is 48.9 Å². The summed E-state index contributed by atoms with van der Waals surface area (Å²) in [5.74, 6) is -0.216. The van der Waals surface area contributed by atoms with E-state index in [-0.39, 0.29) is 18.2 Å². The van der Waals surface area contributed by atoms with Crippen LogP contribution in [0.1, 0.15) is 22.8 Å². The molecule has 0 saturated heterocycles. The number of halogens is 1. The second-order valence-corrected chi connectivity index (χ2v) is 8.21. The lowest BCUT2D eigenvalue weighted by atomic mass is 10.1. The Bertz CT molecular complexity index is 1160. The van der Waals surface area contributed by atoms with Crippen LogP contribution < -0.4 is 10.3 Å². The van der Waals surface area contributed by atoms with Gasteiger partial charge in [-0.1, -0.05) is 53.7 Å². The molecule has 0 aromatic heterocycles. The van der Waals surface area contributed by atoms with E-state index in [1.807, 2.05) is 42.5 Å². The van der Waals surface area contributed by atoms with Gasteiger partial charge in [0.15, 0.2) is 5.78 Å². The van der Waals surface area contributed by atoms with Gasteiger partial charge in [-0.25, -0.2) is 0 Å². The first kappa shape index (κ1) is 20.2. The Labute approximate surface area is 183 Å². The van der Waals surface area contributed by atoms with Gasteiger partial charge in [0.1, 0.15) is 6.54 Å². The average molecular weight is 436 g/mol. The second-order valence-electron chi connectivity index (χ2n) is 6.69. The number of anilines is 2. The van der Waals surface area contributed by atoms with Crippen molar-refractivity contribution in [2.24, 2.45) is 5.10 Å². The summed E-state index contributed by atoms with van der Waals surface area (Å²) in [6.45, 7) is 1.52. The molecule has 0 radical (unpaired) electrons. The number of nitrogens with one attached hydrogen (secondary N) is 1. The number of carbonyl (C=O) groups is 2. The van der Waals surface area contributed by atoms with Gasteiger partial charge in [-0.3, -0.25) is 14.5 Å². The smallest absolute Gasteiger partial charge is 0.252 e. The van der Waals surface area contributed by atoms with Crippen molar-refractivity contribution in [1.29, 1.82) is 0 Å². The number of ketones is 1. The Morgan fingerprint density at radius 1 is 1.03 bits per heavy atom. The minimum absolute atomic E-state index is 0.000193. The summed E-state index contributed by atoms with van der Waals surface area (Å²) in [5, 5.41) is 4.76. The Kier molecular flexibility index (Phi) is 5.88. The van der Waals surface area contributed by atoms with E-state index < -0.39 is 0 Å². The standard InChI is InChI=1S/C23H18ClN3O2S/c1-15(28)17-9-10-22-20(12-17)27(19-7-2-3-8-21(19)30-22)23(29)14-26-25-13-16-5-4-6-18(24)11-16/h2-13,26H,14H2,1H3/b25-13+. The normalized spacial score (nSPS) is 12.4. The van der Waals surface area contributed by atoms with Crippen molar-refractivity contribution in [3.63, 3.8) is 0 Å². The lowest BCUT2D eigenvalue weighted by Crippen LogP contribution is -2.35. The van der Waals surface area contributed by atoms with Crippen molar-refractivity contribution < 1.29 is 9.59 Å². The second kappa shape index (κ2) is 8.73. The lowest BCUT2D eigenvalue weighted by Gasteiger charge is -2.31. The number of para-hydroxylation sites is 1. The molecule has 0 aliphatic carbocycles. The Hall–Kier alpha value is -3.09. The van der Waals surface area contributed by atoms with Crippen LogP contribution in [-0.4, -0.2) is 24.4 Å². The predicted octanol–water partition coefficient (Wildman–Crippen LogP) is 5.30. The van der Waals surface area contributed by atoms with E-state index in [0.717, 1.165) is 21.0 Å². The van der Waals surface area contributed by atoms with Gasteiger partial charge in [0.25, 0.3) is 5.91 Å². The van der Waals surface area contributed by atoms with E-state index in [1.165, 1.54) is 6.92 Å². The molecule has 0 fully saturated rings. The third-order valence-corrected chi connectivity index (χ3v) is 5.93. The molecule has 0 unspecified atom stereocenters. The van der Waals surface area contributed by atoms with E-state index in [0.29, 0.717) is 16.3 Å². The van der Waals surface area contributed by atoms with Gasteiger partial charge < -0.3 is 5.43 Å². The summed E-state index contributed by atoms with van der Waals surface area (Å²) < 4.78 is 0. The molecule has 0 bridgehead atoms. The van der Waals surface area contributed by atoms with Crippen molar-refractivity contribution in [3.8, 4) is 0 Å². The molecule has 3 aromatic rings. The number of hydrogen-bond donors (Lipinski definition) is 1. The summed E-state index contributed by atoms with van der Waals surface area (Å²) in [6.07, 6.45) is 1.61. The molecule has 7 heteroatoms.